The zero-order chi connectivity index (χ0) is 14.3. The van der Waals surface area contributed by atoms with E-state index in [1.54, 1.807) is 12.3 Å². The normalized spacial score (nSPS) is 25.6. The quantitative estimate of drug-likeness (QED) is 0.381. The molecule has 3 atom stereocenters. The molecule has 7 N–H and O–H groups in total. The van der Waals surface area contributed by atoms with E-state index in [1.165, 1.54) is 6.08 Å². The van der Waals surface area contributed by atoms with E-state index in [-0.39, 0.29) is 17.5 Å². The van der Waals surface area contributed by atoms with Crippen molar-refractivity contribution in [3.63, 3.8) is 0 Å². The van der Waals surface area contributed by atoms with E-state index in [9.17, 15) is 15.0 Å². The van der Waals surface area contributed by atoms with Crippen molar-refractivity contribution in [2.75, 3.05) is 5.73 Å². The summed E-state index contributed by atoms with van der Waals surface area (Å²) < 4.78 is 0. The van der Waals surface area contributed by atoms with E-state index in [2.05, 4.69) is 20.3 Å². The topological polar surface area (TPSA) is 140 Å². The van der Waals surface area contributed by atoms with Crippen LogP contribution in [-0.2, 0) is 6.54 Å². The summed E-state index contributed by atoms with van der Waals surface area (Å²) >= 11 is 0. The number of H-pyrrole nitrogens is 2. The Morgan fingerprint density at radius 2 is 2.20 bits per heavy atom. The molecule has 8 heteroatoms. The van der Waals surface area contributed by atoms with Gasteiger partial charge < -0.3 is 26.2 Å². The predicted molar refractivity (Wildman–Crippen MR) is 72.9 cm³/mol. The lowest BCUT2D eigenvalue weighted by molar-refractivity contribution is 0.0441. The number of rotatable bonds is 3. The Morgan fingerprint density at radius 1 is 1.40 bits per heavy atom. The second-order valence-corrected chi connectivity index (χ2v) is 4.76. The van der Waals surface area contributed by atoms with E-state index in [1.807, 2.05) is 0 Å². The van der Waals surface area contributed by atoms with Crippen LogP contribution in [0.15, 0.2) is 23.1 Å². The Morgan fingerprint density at radius 3 is 2.90 bits per heavy atom. The van der Waals surface area contributed by atoms with E-state index in [0.29, 0.717) is 17.6 Å². The highest BCUT2D eigenvalue weighted by molar-refractivity contribution is 5.79. The summed E-state index contributed by atoms with van der Waals surface area (Å²) in [5.74, 6) is 0.0566. The highest BCUT2D eigenvalue weighted by Gasteiger charge is 2.27. The number of nitrogens with one attached hydrogen (secondary N) is 3. The monoisotopic (exact) mass is 277 g/mol. The molecule has 0 fully saturated rings. The average Bonchev–Trinajstić information content (AvgIpc) is 2.93. The van der Waals surface area contributed by atoms with Gasteiger partial charge in [-0.1, -0.05) is 12.2 Å². The highest BCUT2D eigenvalue weighted by Crippen LogP contribution is 2.15. The smallest absolute Gasteiger partial charge is 0.262 e. The standard InChI is InChI=1S/C12H15N5O3/c13-12-16-10-8(11(20)17-12)5(4-15-10)3-14-6-1-2-7(18)9(6)19/h1-2,4,6-7,9,14,18-19H,3H2,(H4,13,15,16,17,20)/t6-,7-,9?/m1/s1. The molecule has 8 nitrogen and oxygen atoms in total. The first-order chi connectivity index (χ1) is 9.56. The molecule has 3 rings (SSSR count). The first-order valence-corrected chi connectivity index (χ1v) is 6.20. The molecule has 2 aromatic heterocycles. The van der Waals surface area contributed by atoms with Crippen LogP contribution in [0.2, 0.25) is 0 Å². The van der Waals surface area contributed by atoms with Gasteiger partial charge in [0, 0.05) is 12.7 Å². The van der Waals surface area contributed by atoms with Gasteiger partial charge in [0.15, 0.2) is 0 Å². The summed E-state index contributed by atoms with van der Waals surface area (Å²) in [5.41, 5.74) is 6.30. The third-order valence-electron chi connectivity index (χ3n) is 3.40. The number of anilines is 1. The van der Waals surface area contributed by atoms with Gasteiger partial charge in [0.25, 0.3) is 5.56 Å². The van der Waals surface area contributed by atoms with Crippen LogP contribution in [-0.4, -0.2) is 43.4 Å². The summed E-state index contributed by atoms with van der Waals surface area (Å²) in [4.78, 5) is 21.2. The lowest BCUT2D eigenvalue weighted by Crippen LogP contribution is -2.40. The molecule has 2 heterocycles. The van der Waals surface area contributed by atoms with Crippen molar-refractivity contribution in [1.82, 2.24) is 20.3 Å². The second kappa shape index (κ2) is 4.75. The summed E-state index contributed by atoms with van der Waals surface area (Å²) in [6.07, 6.45) is 3.16. The molecular formula is C12H15N5O3. The van der Waals surface area contributed by atoms with Gasteiger partial charge in [-0.05, 0) is 5.56 Å². The molecule has 0 saturated heterocycles. The Balaban J connectivity index is 1.82. The SMILES string of the molecule is Nc1nc2[nH]cc(CN[C@@H]3C=C[C@@H](O)C3O)c2c(=O)[nH]1. The molecular weight excluding hydrogens is 262 g/mol. The molecule has 0 saturated carbocycles. The molecule has 0 radical (unpaired) electrons. The molecule has 106 valence electrons. The minimum atomic E-state index is -0.882. The van der Waals surface area contributed by atoms with Crippen LogP contribution in [0.1, 0.15) is 5.56 Å². The average molecular weight is 277 g/mol. The molecule has 1 aliphatic carbocycles. The van der Waals surface area contributed by atoms with Gasteiger partial charge in [0.2, 0.25) is 5.95 Å². The molecule has 0 aromatic carbocycles. The molecule has 20 heavy (non-hydrogen) atoms. The molecule has 1 unspecified atom stereocenters. The Hall–Kier alpha value is -2.16. The number of hydrogen-bond donors (Lipinski definition) is 6. The number of aromatic amines is 2. The fraction of sp³-hybridized carbons (Fsp3) is 0.333. The minimum Gasteiger partial charge on any atom is -0.388 e. The van der Waals surface area contributed by atoms with Gasteiger partial charge in [-0.3, -0.25) is 9.78 Å². The molecule has 0 spiro atoms. The first kappa shape index (κ1) is 12.9. The van der Waals surface area contributed by atoms with Gasteiger partial charge in [-0.15, -0.1) is 0 Å². The number of aromatic nitrogens is 3. The van der Waals surface area contributed by atoms with E-state index < -0.39 is 12.2 Å². The van der Waals surface area contributed by atoms with Crippen molar-refractivity contribution in [2.45, 2.75) is 24.8 Å². The number of nitrogens with two attached hydrogens (primary N) is 1. The largest absolute Gasteiger partial charge is 0.388 e. The van der Waals surface area contributed by atoms with Gasteiger partial charge in [0.05, 0.1) is 17.5 Å². The molecule has 0 bridgehead atoms. The Kier molecular flexibility index (Phi) is 3.05. The minimum absolute atomic E-state index is 0.0566. The molecule has 0 aliphatic heterocycles. The van der Waals surface area contributed by atoms with Crippen molar-refractivity contribution in [2.24, 2.45) is 0 Å². The number of fused-ring (bicyclic) bond motifs is 1. The predicted octanol–water partition coefficient (Wildman–Crippen LogP) is -1.42. The molecule has 2 aromatic rings. The third-order valence-corrected chi connectivity index (χ3v) is 3.40. The maximum Gasteiger partial charge on any atom is 0.262 e. The van der Waals surface area contributed by atoms with Crippen molar-refractivity contribution >= 4 is 17.0 Å². The van der Waals surface area contributed by atoms with Crippen LogP contribution in [0, 0.1) is 0 Å². The van der Waals surface area contributed by atoms with E-state index in [4.69, 9.17) is 5.73 Å². The van der Waals surface area contributed by atoms with Crippen LogP contribution >= 0.6 is 0 Å². The number of aliphatic hydroxyl groups excluding tert-OH is 2. The van der Waals surface area contributed by atoms with E-state index in [0.717, 1.165) is 5.56 Å². The van der Waals surface area contributed by atoms with Crippen LogP contribution in [0.3, 0.4) is 0 Å². The first-order valence-electron chi connectivity index (χ1n) is 6.20. The summed E-state index contributed by atoms with van der Waals surface area (Å²) in [7, 11) is 0. The summed E-state index contributed by atoms with van der Waals surface area (Å²) in [6.45, 7) is 0.355. The fourth-order valence-corrected chi connectivity index (χ4v) is 2.35. The fourth-order valence-electron chi connectivity index (χ4n) is 2.35. The number of nitrogen functional groups attached to an aromatic ring is 1. The Bertz CT molecular complexity index is 719. The molecule has 0 amide bonds. The maximum atomic E-state index is 11.9. The van der Waals surface area contributed by atoms with Crippen molar-refractivity contribution in [1.29, 1.82) is 0 Å². The van der Waals surface area contributed by atoms with Crippen LogP contribution in [0.25, 0.3) is 11.0 Å². The summed E-state index contributed by atoms with van der Waals surface area (Å²) in [5, 5.41) is 22.6. The lowest BCUT2D eigenvalue weighted by atomic mass is 10.1. The van der Waals surface area contributed by atoms with Crippen LogP contribution in [0.4, 0.5) is 5.95 Å². The van der Waals surface area contributed by atoms with Gasteiger partial charge in [-0.25, -0.2) is 0 Å². The zero-order valence-corrected chi connectivity index (χ0v) is 10.5. The lowest BCUT2D eigenvalue weighted by Gasteiger charge is -2.17. The van der Waals surface area contributed by atoms with Gasteiger partial charge >= 0.3 is 0 Å². The second-order valence-electron chi connectivity index (χ2n) is 4.76. The van der Waals surface area contributed by atoms with Crippen LogP contribution in [0.5, 0.6) is 0 Å². The Labute approximate surface area is 113 Å². The van der Waals surface area contributed by atoms with Gasteiger partial charge in [-0.2, -0.15) is 4.98 Å². The highest BCUT2D eigenvalue weighted by atomic mass is 16.3. The van der Waals surface area contributed by atoms with Crippen molar-refractivity contribution < 1.29 is 10.2 Å². The third kappa shape index (κ3) is 2.09. The van der Waals surface area contributed by atoms with Crippen LogP contribution < -0.4 is 16.6 Å². The van der Waals surface area contributed by atoms with E-state index >= 15 is 0 Å². The van der Waals surface area contributed by atoms with Gasteiger partial charge in [0.1, 0.15) is 11.8 Å². The van der Waals surface area contributed by atoms with Crippen molar-refractivity contribution in [3.8, 4) is 0 Å². The number of hydrogen-bond acceptors (Lipinski definition) is 6. The summed E-state index contributed by atoms with van der Waals surface area (Å²) in [6, 6.07) is -0.351. The maximum absolute atomic E-state index is 11.9. The van der Waals surface area contributed by atoms with Crippen molar-refractivity contribution in [3.05, 3.63) is 34.3 Å². The number of aliphatic hydroxyl groups is 2. The zero-order valence-electron chi connectivity index (χ0n) is 10.5. The molecule has 1 aliphatic rings. The number of nitrogens with zero attached hydrogens (tertiary/aromatic N) is 1.